The van der Waals surface area contributed by atoms with Crippen molar-refractivity contribution in [2.45, 2.75) is 32.7 Å². The molecule has 1 fully saturated rings. The van der Waals surface area contributed by atoms with Crippen LogP contribution in [0.4, 0.5) is 5.82 Å². The average Bonchev–Trinajstić information content (AvgIpc) is 2.30. The Morgan fingerprint density at radius 3 is 2.75 bits per heavy atom. The summed E-state index contributed by atoms with van der Waals surface area (Å²) in [6, 6.07) is 4.21. The molecule has 0 saturated carbocycles. The van der Waals surface area contributed by atoms with Gasteiger partial charge in [-0.05, 0) is 43.4 Å². The van der Waals surface area contributed by atoms with Crippen LogP contribution in [0.3, 0.4) is 0 Å². The first kappa shape index (κ1) is 11.4. The second-order valence-electron chi connectivity index (χ2n) is 4.91. The van der Waals surface area contributed by atoms with E-state index >= 15 is 0 Å². The van der Waals surface area contributed by atoms with E-state index in [1.165, 1.54) is 18.4 Å². The van der Waals surface area contributed by atoms with Crippen LogP contribution in [0, 0.1) is 5.92 Å². The molecule has 1 atom stereocenters. The number of anilines is 1. The van der Waals surface area contributed by atoms with Gasteiger partial charge in [-0.2, -0.15) is 0 Å². The van der Waals surface area contributed by atoms with E-state index in [1.54, 1.807) is 0 Å². The molecule has 88 valence electrons. The molecule has 2 heterocycles. The van der Waals surface area contributed by atoms with Gasteiger partial charge >= 0.3 is 0 Å². The van der Waals surface area contributed by atoms with Crippen LogP contribution in [0.2, 0.25) is 0 Å². The molecule has 3 nitrogen and oxygen atoms in total. The lowest BCUT2D eigenvalue weighted by molar-refractivity contribution is 0.436. The smallest absolute Gasteiger partial charge is 0.128 e. The summed E-state index contributed by atoms with van der Waals surface area (Å²) in [5, 5.41) is 0. The molecule has 3 heteroatoms. The highest BCUT2D eigenvalue weighted by atomic mass is 15.2. The normalized spacial score (nSPS) is 19.8. The Hall–Kier alpha value is -1.09. The predicted molar refractivity (Wildman–Crippen MR) is 67.5 cm³/mol. The van der Waals surface area contributed by atoms with Gasteiger partial charge in [0, 0.05) is 25.3 Å². The van der Waals surface area contributed by atoms with Gasteiger partial charge in [-0.25, -0.2) is 4.98 Å². The fourth-order valence-corrected chi connectivity index (χ4v) is 2.13. The first-order valence-corrected chi connectivity index (χ1v) is 6.13. The van der Waals surface area contributed by atoms with Crippen LogP contribution >= 0.6 is 0 Å². The molecule has 1 aliphatic heterocycles. The lowest BCUT2D eigenvalue weighted by atomic mass is 9.99. The summed E-state index contributed by atoms with van der Waals surface area (Å²) < 4.78 is 0. The highest BCUT2D eigenvalue weighted by Gasteiger charge is 2.17. The third-order valence-electron chi connectivity index (χ3n) is 3.40. The summed E-state index contributed by atoms with van der Waals surface area (Å²) in [7, 11) is 0. The molecular weight excluding hydrogens is 198 g/mol. The second-order valence-corrected chi connectivity index (χ2v) is 4.91. The maximum Gasteiger partial charge on any atom is 0.128 e. The molecule has 16 heavy (non-hydrogen) atoms. The number of pyridine rings is 1. The van der Waals surface area contributed by atoms with Gasteiger partial charge in [-0.3, -0.25) is 0 Å². The van der Waals surface area contributed by atoms with Gasteiger partial charge in [0.2, 0.25) is 0 Å². The van der Waals surface area contributed by atoms with Crippen molar-refractivity contribution in [3.63, 3.8) is 0 Å². The Bertz CT molecular complexity index is 341. The van der Waals surface area contributed by atoms with E-state index in [-0.39, 0.29) is 6.04 Å². The van der Waals surface area contributed by atoms with E-state index in [1.807, 2.05) is 19.2 Å². The van der Waals surface area contributed by atoms with Gasteiger partial charge in [0.15, 0.2) is 0 Å². The van der Waals surface area contributed by atoms with Crippen LogP contribution in [0.1, 0.15) is 38.3 Å². The number of hydrogen-bond acceptors (Lipinski definition) is 3. The Morgan fingerprint density at radius 1 is 1.44 bits per heavy atom. The van der Waals surface area contributed by atoms with Crippen LogP contribution in [0.25, 0.3) is 0 Å². The molecule has 1 aromatic rings. The minimum Gasteiger partial charge on any atom is -0.357 e. The van der Waals surface area contributed by atoms with Crippen molar-refractivity contribution in [3.8, 4) is 0 Å². The van der Waals surface area contributed by atoms with E-state index in [2.05, 4.69) is 22.9 Å². The van der Waals surface area contributed by atoms with Crippen LogP contribution in [-0.4, -0.2) is 18.1 Å². The van der Waals surface area contributed by atoms with Crippen LogP contribution in [-0.2, 0) is 0 Å². The highest BCUT2D eigenvalue weighted by molar-refractivity contribution is 5.42. The van der Waals surface area contributed by atoms with Gasteiger partial charge in [-0.1, -0.05) is 6.92 Å². The van der Waals surface area contributed by atoms with Gasteiger partial charge in [0.1, 0.15) is 5.82 Å². The lowest BCUT2D eigenvalue weighted by Crippen LogP contribution is -2.33. The zero-order valence-corrected chi connectivity index (χ0v) is 10.2. The van der Waals surface area contributed by atoms with Crippen molar-refractivity contribution in [3.05, 3.63) is 23.9 Å². The molecule has 2 rings (SSSR count). The van der Waals surface area contributed by atoms with Crippen molar-refractivity contribution in [2.75, 3.05) is 18.0 Å². The third kappa shape index (κ3) is 2.53. The Morgan fingerprint density at radius 2 is 2.12 bits per heavy atom. The van der Waals surface area contributed by atoms with Crippen molar-refractivity contribution < 1.29 is 0 Å². The summed E-state index contributed by atoms with van der Waals surface area (Å²) in [6.07, 6.45) is 4.40. The van der Waals surface area contributed by atoms with E-state index in [9.17, 15) is 0 Å². The fourth-order valence-electron chi connectivity index (χ4n) is 2.13. The number of nitrogens with zero attached hydrogens (tertiary/aromatic N) is 2. The van der Waals surface area contributed by atoms with E-state index in [0.29, 0.717) is 0 Å². The zero-order valence-electron chi connectivity index (χ0n) is 10.2. The van der Waals surface area contributed by atoms with Crippen LogP contribution < -0.4 is 10.6 Å². The first-order chi connectivity index (χ1) is 7.66. The molecule has 1 aliphatic rings. The molecular formula is C13H21N3. The Labute approximate surface area is 97.7 Å². The van der Waals surface area contributed by atoms with Crippen LogP contribution in [0.15, 0.2) is 18.3 Å². The molecule has 1 saturated heterocycles. The number of nitrogens with two attached hydrogens (primary N) is 1. The summed E-state index contributed by atoms with van der Waals surface area (Å²) in [5.41, 5.74) is 7.06. The number of piperidine rings is 1. The highest BCUT2D eigenvalue weighted by Crippen LogP contribution is 2.22. The average molecular weight is 219 g/mol. The molecule has 0 radical (unpaired) electrons. The number of aromatic nitrogens is 1. The van der Waals surface area contributed by atoms with Crippen LogP contribution in [0.5, 0.6) is 0 Å². The minimum absolute atomic E-state index is 0.0884. The van der Waals surface area contributed by atoms with Crippen molar-refractivity contribution >= 4 is 5.82 Å². The van der Waals surface area contributed by atoms with Crippen molar-refractivity contribution in [1.29, 1.82) is 0 Å². The molecule has 1 aromatic heterocycles. The number of rotatable bonds is 2. The quantitative estimate of drug-likeness (QED) is 0.830. The molecule has 1 unspecified atom stereocenters. The minimum atomic E-state index is 0.0884. The maximum absolute atomic E-state index is 5.89. The Balaban J connectivity index is 2.11. The van der Waals surface area contributed by atoms with Gasteiger partial charge in [-0.15, -0.1) is 0 Å². The van der Waals surface area contributed by atoms with Gasteiger partial charge < -0.3 is 10.6 Å². The fraction of sp³-hybridized carbons (Fsp3) is 0.615. The lowest BCUT2D eigenvalue weighted by Gasteiger charge is -2.31. The maximum atomic E-state index is 5.89. The first-order valence-electron chi connectivity index (χ1n) is 6.13. The largest absolute Gasteiger partial charge is 0.357 e. The summed E-state index contributed by atoms with van der Waals surface area (Å²) >= 11 is 0. The Kier molecular flexibility index (Phi) is 3.44. The van der Waals surface area contributed by atoms with E-state index in [0.717, 1.165) is 24.8 Å². The SMILES string of the molecule is CC1CCN(c2cc(C(C)N)ccn2)CC1. The van der Waals surface area contributed by atoms with E-state index in [4.69, 9.17) is 5.73 Å². The zero-order chi connectivity index (χ0) is 11.5. The predicted octanol–water partition coefficient (Wildman–Crippen LogP) is 2.34. The van der Waals surface area contributed by atoms with Crippen molar-refractivity contribution in [2.24, 2.45) is 11.7 Å². The molecule has 0 bridgehead atoms. The molecule has 0 aromatic carbocycles. The van der Waals surface area contributed by atoms with Gasteiger partial charge in [0.25, 0.3) is 0 Å². The topological polar surface area (TPSA) is 42.1 Å². The summed E-state index contributed by atoms with van der Waals surface area (Å²) in [6.45, 7) is 6.58. The molecule has 0 spiro atoms. The summed E-state index contributed by atoms with van der Waals surface area (Å²) in [4.78, 5) is 6.81. The standard InChI is InChI=1S/C13H21N3/c1-10-4-7-16(8-5-10)13-9-12(11(2)14)3-6-15-13/h3,6,9-11H,4-5,7-8,14H2,1-2H3. The second kappa shape index (κ2) is 4.83. The molecule has 0 aliphatic carbocycles. The van der Waals surface area contributed by atoms with Gasteiger partial charge in [0.05, 0.1) is 0 Å². The van der Waals surface area contributed by atoms with Crippen molar-refractivity contribution in [1.82, 2.24) is 4.98 Å². The number of hydrogen-bond donors (Lipinski definition) is 1. The monoisotopic (exact) mass is 219 g/mol. The molecule has 2 N–H and O–H groups in total. The summed E-state index contributed by atoms with van der Waals surface area (Å²) in [5.74, 6) is 1.94. The van der Waals surface area contributed by atoms with E-state index < -0.39 is 0 Å². The third-order valence-corrected chi connectivity index (χ3v) is 3.40. The molecule has 0 amide bonds.